The molecule has 1 heterocycles. The summed E-state index contributed by atoms with van der Waals surface area (Å²) in [6.07, 6.45) is 0. The van der Waals surface area contributed by atoms with Crippen molar-refractivity contribution in [2.75, 3.05) is 12.4 Å². The van der Waals surface area contributed by atoms with Crippen molar-refractivity contribution >= 4 is 39.0 Å². The number of halogens is 1. The molecular formula is C14H15BrN2OS. The molecule has 0 fully saturated rings. The Kier molecular flexibility index (Phi) is 4.61. The van der Waals surface area contributed by atoms with E-state index in [1.54, 1.807) is 23.3 Å². The van der Waals surface area contributed by atoms with Crippen molar-refractivity contribution in [1.82, 2.24) is 4.90 Å². The van der Waals surface area contributed by atoms with Crippen LogP contribution in [0.25, 0.3) is 0 Å². The van der Waals surface area contributed by atoms with Gasteiger partial charge in [-0.25, -0.2) is 4.79 Å². The number of anilines is 1. The molecule has 1 aromatic heterocycles. The smallest absolute Gasteiger partial charge is 0.321 e. The Balaban J connectivity index is 2.00. The lowest BCUT2D eigenvalue weighted by Gasteiger charge is -2.18. The second kappa shape index (κ2) is 6.21. The highest BCUT2D eigenvalue weighted by Crippen LogP contribution is 2.20. The Morgan fingerprint density at radius 3 is 2.84 bits per heavy atom. The molecule has 1 aromatic carbocycles. The number of benzene rings is 1. The molecule has 3 nitrogen and oxygen atoms in total. The van der Waals surface area contributed by atoms with Crippen LogP contribution in [-0.2, 0) is 6.54 Å². The fourth-order valence-electron chi connectivity index (χ4n) is 1.71. The Labute approximate surface area is 125 Å². The van der Waals surface area contributed by atoms with Crippen molar-refractivity contribution in [2.45, 2.75) is 13.5 Å². The van der Waals surface area contributed by atoms with Crippen LogP contribution in [0, 0.1) is 6.92 Å². The zero-order chi connectivity index (χ0) is 13.8. The first-order valence-corrected chi connectivity index (χ1v) is 7.59. The Bertz CT molecular complexity index is 569. The molecule has 5 heteroatoms. The van der Waals surface area contributed by atoms with Gasteiger partial charge >= 0.3 is 6.03 Å². The Morgan fingerprint density at radius 2 is 2.21 bits per heavy atom. The predicted molar refractivity (Wildman–Crippen MR) is 83.7 cm³/mol. The summed E-state index contributed by atoms with van der Waals surface area (Å²) in [7, 11) is 1.79. The molecule has 100 valence electrons. The summed E-state index contributed by atoms with van der Waals surface area (Å²) in [4.78, 5) is 13.8. The van der Waals surface area contributed by atoms with Crippen LogP contribution in [-0.4, -0.2) is 18.0 Å². The second-order valence-corrected chi connectivity index (χ2v) is 6.07. The number of thiophene rings is 1. The van der Waals surface area contributed by atoms with Gasteiger partial charge in [0.15, 0.2) is 0 Å². The fourth-order valence-corrected chi connectivity index (χ4v) is 2.84. The normalized spacial score (nSPS) is 10.3. The van der Waals surface area contributed by atoms with Crippen LogP contribution in [0.4, 0.5) is 10.5 Å². The summed E-state index contributed by atoms with van der Waals surface area (Å²) >= 11 is 5.05. The number of hydrogen-bond acceptors (Lipinski definition) is 2. The molecule has 0 radical (unpaired) electrons. The first-order valence-electron chi connectivity index (χ1n) is 5.85. The lowest BCUT2D eigenvalue weighted by Crippen LogP contribution is -2.30. The van der Waals surface area contributed by atoms with E-state index in [-0.39, 0.29) is 6.03 Å². The van der Waals surface area contributed by atoms with Gasteiger partial charge in [-0.1, -0.05) is 15.9 Å². The van der Waals surface area contributed by atoms with E-state index in [1.165, 1.54) is 0 Å². The third-order valence-electron chi connectivity index (χ3n) is 2.78. The third-order valence-corrected chi connectivity index (χ3v) is 4.00. The second-order valence-electron chi connectivity index (χ2n) is 4.38. The van der Waals surface area contributed by atoms with Crippen LogP contribution < -0.4 is 5.32 Å². The summed E-state index contributed by atoms with van der Waals surface area (Å²) in [5.74, 6) is 0. The number of urea groups is 1. The molecule has 0 bridgehead atoms. The number of nitrogens with zero attached hydrogens (tertiary/aromatic N) is 1. The summed E-state index contributed by atoms with van der Waals surface area (Å²) in [5, 5.41) is 6.98. The molecule has 0 atom stereocenters. The molecule has 0 spiro atoms. The van der Waals surface area contributed by atoms with Crippen molar-refractivity contribution < 1.29 is 4.79 Å². The topological polar surface area (TPSA) is 32.3 Å². The van der Waals surface area contributed by atoms with Gasteiger partial charge in [-0.2, -0.15) is 11.3 Å². The number of nitrogens with one attached hydrogen (secondary N) is 1. The van der Waals surface area contributed by atoms with Gasteiger partial charge in [0.05, 0.1) is 0 Å². The molecule has 0 saturated carbocycles. The average Bonchev–Trinajstić information content (AvgIpc) is 2.85. The molecule has 2 aromatic rings. The van der Waals surface area contributed by atoms with Crippen LogP contribution in [0.5, 0.6) is 0 Å². The van der Waals surface area contributed by atoms with Gasteiger partial charge in [0.1, 0.15) is 0 Å². The van der Waals surface area contributed by atoms with Crippen molar-refractivity contribution in [2.24, 2.45) is 0 Å². The number of carbonyl (C=O) groups is 1. The fraction of sp³-hybridized carbons (Fsp3) is 0.214. The molecule has 0 aliphatic heterocycles. The van der Waals surface area contributed by atoms with E-state index < -0.39 is 0 Å². The largest absolute Gasteiger partial charge is 0.323 e. The number of hydrogen-bond donors (Lipinski definition) is 1. The highest BCUT2D eigenvalue weighted by molar-refractivity contribution is 9.10. The Hall–Kier alpha value is -1.33. The average molecular weight is 339 g/mol. The Morgan fingerprint density at radius 1 is 1.42 bits per heavy atom. The standard InChI is InChI=1S/C14H15BrN2OS/c1-10-7-12(15)3-4-13(10)16-14(18)17(2)8-11-5-6-19-9-11/h3-7,9H,8H2,1-2H3,(H,16,18). The number of aryl methyl sites for hydroxylation is 1. The molecule has 2 amide bonds. The van der Waals surface area contributed by atoms with E-state index in [9.17, 15) is 4.79 Å². The van der Waals surface area contributed by atoms with Crippen molar-refractivity contribution in [3.63, 3.8) is 0 Å². The lowest BCUT2D eigenvalue weighted by molar-refractivity contribution is 0.220. The highest BCUT2D eigenvalue weighted by Gasteiger charge is 2.10. The highest BCUT2D eigenvalue weighted by atomic mass is 79.9. The summed E-state index contributed by atoms with van der Waals surface area (Å²) in [6.45, 7) is 2.59. The molecule has 19 heavy (non-hydrogen) atoms. The lowest BCUT2D eigenvalue weighted by atomic mass is 10.2. The molecule has 1 N–H and O–H groups in total. The summed E-state index contributed by atoms with van der Waals surface area (Å²) < 4.78 is 1.01. The maximum Gasteiger partial charge on any atom is 0.321 e. The molecule has 0 saturated heterocycles. The van der Waals surface area contributed by atoms with Gasteiger partial charge in [0.2, 0.25) is 0 Å². The van der Waals surface area contributed by atoms with Gasteiger partial charge in [-0.15, -0.1) is 0 Å². The first-order chi connectivity index (χ1) is 9.06. The number of carbonyl (C=O) groups excluding carboxylic acids is 1. The molecular weight excluding hydrogens is 324 g/mol. The van der Waals surface area contributed by atoms with Gasteiger partial charge in [-0.05, 0) is 53.1 Å². The minimum absolute atomic E-state index is 0.100. The predicted octanol–water partition coefficient (Wildman–Crippen LogP) is 4.48. The van der Waals surface area contributed by atoms with Crippen LogP contribution in [0.2, 0.25) is 0 Å². The summed E-state index contributed by atoms with van der Waals surface area (Å²) in [6, 6.07) is 7.72. The SMILES string of the molecule is Cc1cc(Br)ccc1NC(=O)N(C)Cc1ccsc1. The van der Waals surface area contributed by atoms with Crippen LogP contribution in [0.15, 0.2) is 39.5 Å². The van der Waals surface area contributed by atoms with E-state index >= 15 is 0 Å². The minimum Gasteiger partial charge on any atom is -0.323 e. The van der Waals surface area contributed by atoms with Crippen LogP contribution in [0.1, 0.15) is 11.1 Å². The number of amides is 2. The van der Waals surface area contributed by atoms with E-state index in [4.69, 9.17) is 0 Å². The molecule has 0 unspecified atom stereocenters. The van der Waals surface area contributed by atoms with Gasteiger partial charge < -0.3 is 10.2 Å². The van der Waals surface area contributed by atoms with Gasteiger partial charge in [0.25, 0.3) is 0 Å². The van der Waals surface area contributed by atoms with Crippen molar-refractivity contribution in [3.8, 4) is 0 Å². The van der Waals surface area contributed by atoms with Crippen molar-refractivity contribution in [1.29, 1.82) is 0 Å². The maximum absolute atomic E-state index is 12.1. The summed E-state index contributed by atoms with van der Waals surface area (Å²) in [5.41, 5.74) is 3.02. The molecule has 0 aliphatic carbocycles. The van der Waals surface area contributed by atoms with E-state index in [0.717, 1.165) is 21.3 Å². The molecule has 2 rings (SSSR count). The first kappa shape index (κ1) is 14.1. The van der Waals surface area contributed by atoms with Crippen LogP contribution in [0.3, 0.4) is 0 Å². The van der Waals surface area contributed by atoms with E-state index in [1.807, 2.05) is 36.6 Å². The minimum atomic E-state index is -0.100. The van der Waals surface area contributed by atoms with Crippen LogP contribution >= 0.6 is 27.3 Å². The monoisotopic (exact) mass is 338 g/mol. The van der Waals surface area contributed by atoms with E-state index in [2.05, 4.69) is 26.6 Å². The van der Waals surface area contributed by atoms with Gasteiger partial charge in [0, 0.05) is 23.8 Å². The zero-order valence-corrected chi connectivity index (χ0v) is 13.2. The number of rotatable bonds is 3. The van der Waals surface area contributed by atoms with Crippen molar-refractivity contribution in [3.05, 3.63) is 50.6 Å². The maximum atomic E-state index is 12.1. The molecule has 0 aliphatic rings. The quantitative estimate of drug-likeness (QED) is 0.878. The van der Waals surface area contributed by atoms with Gasteiger partial charge in [-0.3, -0.25) is 0 Å². The zero-order valence-electron chi connectivity index (χ0n) is 10.8. The van der Waals surface area contributed by atoms with E-state index in [0.29, 0.717) is 6.54 Å². The third kappa shape index (κ3) is 3.81.